The van der Waals surface area contributed by atoms with Gasteiger partial charge in [0.2, 0.25) is 0 Å². The van der Waals surface area contributed by atoms with E-state index in [1.807, 2.05) is 33.3 Å². The largest absolute Gasteiger partial charge is 0.379 e. The number of rotatable bonds is 5. The highest BCUT2D eigenvalue weighted by Crippen LogP contribution is 2.19. The summed E-state index contributed by atoms with van der Waals surface area (Å²) in [4.78, 5) is 11.5. The average molecular weight is 378 g/mol. The molecule has 2 aliphatic rings. The topological polar surface area (TPSA) is 43.3 Å². The van der Waals surface area contributed by atoms with E-state index in [4.69, 9.17) is 4.74 Å². The average Bonchev–Trinajstić information content (AvgIpc) is 3.17. The number of morpholine rings is 1. The van der Waals surface area contributed by atoms with Crippen LogP contribution in [0.15, 0.2) is 29.3 Å². The van der Waals surface area contributed by atoms with E-state index in [9.17, 15) is 4.39 Å². The van der Waals surface area contributed by atoms with Gasteiger partial charge < -0.3 is 19.9 Å². The van der Waals surface area contributed by atoms with Crippen molar-refractivity contribution in [2.75, 3.05) is 67.1 Å². The zero-order valence-electron chi connectivity index (χ0n) is 16.7. The minimum atomic E-state index is -0.203. The van der Waals surface area contributed by atoms with Crippen molar-refractivity contribution in [3.05, 3.63) is 35.6 Å². The summed E-state index contributed by atoms with van der Waals surface area (Å²) in [6.07, 6.45) is 1.16. The molecule has 1 aromatic carbocycles. The highest BCUT2D eigenvalue weighted by molar-refractivity contribution is 5.80. The number of ether oxygens (including phenoxy) is 1. The summed E-state index contributed by atoms with van der Waals surface area (Å²) < 4.78 is 18.7. The lowest BCUT2D eigenvalue weighted by Gasteiger charge is -2.32. The van der Waals surface area contributed by atoms with Crippen molar-refractivity contribution in [2.24, 2.45) is 4.99 Å². The van der Waals surface area contributed by atoms with E-state index in [1.165, 1.54) is 12.1 Å². The molecule has 2 saturated heterocycles. The second kappa shape index (κ2) is 9.48. The molecule has 0 spiro atoms. The van der Waals surface area contributed by atoms with E-state index >= 15 is 0 Å². The second-order valence-electron chi connectivity index (χ2n) is 7.50. The van der Waals surface area contributed by atoms with Crippen LogP contribution in [0, 0.1) is 5.82 Å². The lowest BCUT2D eigenvalue weighted by molar-refractivity contribution is 0.0195. The van der Waals surface area contributed by atoms with Crippen LogP contribution in [0.3, 0.4) is 0 Å². The monoisotopic (exact) mass is 377 g/mol. The van der Waals surface area contributed by atoms with E-state index in [2.05, 4.69) is 25.0 Å². The normalized spacial score (nSPS) is 23.1. The first-order valence-corrected chi connectivity index (χ1v) is 9.77. The lowest BCUT2D eigenvalue weighted by atomic mass is 10.1. The van der Waals surface area contributed by atoms with Gasteiger partial charge in [0.1, 0.15) is 5.82 Å². The Morgan fingerprint density at radius 2 is 1.96 bits per heavy atom. The minimum absolute atomic E-state index is 0.153. The number of benzene rings is 1. The summed E-state index contributed by atoms with van der Waals surface area (Å²) in [5, 5.41) is 3.53. The molecule has 3 rings (SSSR count). The van der Waals surface area contributed by atoms with Gasteiger partial charge >= 0.3 is 0 Å². The summed E-state index contributed by atoms with van der Waals surface area (Å²) in [6, 6.07) is 7.49. The van der Waals surface area contributed by atoms with Gasteiger partial charge in [0.15, 0.2) is 5.96 Å². The molecular weight excluding hydrogens is 345 g/mol. The number of nitrogens with zero attached hydrogens (tertiary/aromatic N) is 4. The Morgan fingerprint density at radius 1 is 1.26 bits per heavy atom. The van der Waals surface area contributed by atoms with Gasteiger partial charge in [-0.1, -0.05) is 12.1 Å². The van der Waals surface area contributed by atoms with Crippen LogP contribution in [0.1, 0.15) is 18.0 Å². The Bertz CT molecular complexity index is 615. The van der Waals surface area contributed by atoms with E-state index in [-0.39, 0.29) is 11.9 Å². The molecule has 0 radical (unpaired) electrons. The number of guanidine groups is 1. The number of aliphatic imine (C=N–C) groups is 1. The first kappa shape index (κ1) is 20.0. The van der Waals surface area contributed by atoms with Crippen molar-refractivity contribution in [2.45, 2.75) is 18.5 Å². The van der Waals surface area contributed by atoms with Gasteiger partial charge in [-0.25, -0.2) is 4.39 Å². The highest BCUT2D eigenvalue weighted by atomic mass is 19.1. The lowest BCUT2D eigenvalue weighted by Crippen LogP contribution is -2.47. The molecule has 0 bridgehead atoms. The second-order valence-corrected chi connectivity index (χ2v) is 7.50. The number of likely N-dealkylation sites (N-methyl/N-ethyl adjacent to an activating group) is 1. The summed E-state index contributed by atoms with van der Waals surface area (Å²) in [7, 11) is 5.93. The molecule has 2 aliphatic heterocycles. The summed E-state index contributed by atoms with van der Waals surface area (Å²) >= 11 is 0. The van der Waals surface area contributed by atoms with Gasteiger partial charge in [-0.05, 0) is 38.2 Å². The molecule has 0 saturated carbocycles. The molecule has 6 nitrogen and oxygen atoms in total. The Morgan fingerprint density at radius 3 is 2.59 bits per heavy atom. The van der Waals surface area contributed by atoms with E-state index in [0.29, 0.717) is 6.04 Å². The molecule has 2 fully saturated rings. The number of likely N-dealkylation sites (tertiary alicyclic amines) is 1. The zero-order valence-corrected chi connectivity index (χ0v) is 16.7. The van der Waals surface area contributed by atoms with Crippen molar-refractivity contribution in [1.29, 1.82) is 0 Å². The molecule has 2 unspecified atom stereocenters. The summed E-state index contributed by atoms with van der Waals surface area (Å²) in [5.41, 5.74) is 1.09. The molecule has 7 heteroatoms. The van der Waals surface area contributed by atoms with Gasteiger partial charge in [-0.3, -0.25) is 9.89 Å². The SMILES string of the molecule is CN=C(NCC(c1ccc(F)cc1)N(C)C)N1CCC(N2CCOCC2)C1. The van der Waals surface area contributed by atoms with Gasteiger partial charge in [0.05, 0.1) is 19.3 Å². The van der Waals surface area contributed by atoms with E-state index < -0.39 is 0 Å². The Labute approximate surface area is 162 Å². The molecule has 2 heterocycles. The van der Waals surface area contributed by atoms with Crippen LogP contribution in [-0.2, 0) is 4.74 Å². The number of halogens is 1. The van der Waals surface area contributed by atoms with E-state index in [0.717, 1.165) is 63.9 Å². The predicted octanol–water partition coefficient (Wildman–Crippen LogP) is 1.41. The van der Waals surface area contributed by atoms with E-state index in [1.54, 1.807) is 0 Å². The molecule has 2 atom stereocenters. The maximum Gasteiger partial charge on any atom is 0.193 e. The van der Waals surface area contributed by atoms with Gasteiger partial charge in [-0.2, -0.15) is 0 Å². The number of nitrogens with one attached hydrogen (secondary N) is 1. The number of hydrogen-bond donors (Lipinski definition) is 1. The molecule has 0 amide bonds. The minimum Gasteiger partial charge on any atom is -0.379 e. The van der Waals surface area contributed by atoms with Crippen LogP contribution in [0.5, 0.6) is 0 Å². The molecular formula is C20H32FN5O. The van der Waals surface area contributed by atoms with Gasteiger partial charge in [0, 0.05) is 45.8 Å². The molecule has 27 heavy (non-hydrogen) atoms. The van der Waals surface area contributed by atoms with Crippen molar-refractivity contribution in [1.82, 2.24) is 20.0 Å². The first-order valence-electron chi connectivity index (χ1n) is 9.77. The van der Waals surface area contributed by atoms with Crippen LogP contribution in [0.4, 0.5) is 4.39 Å². The third kappa shape index (κ3) is 5.18. The third-order valence-electron chi connectivity index (χ3n) is 5.57. The number of hydrogen-bond acceptors (Lipinski definition) is 4. The van der Waals surface area contributed by atoms with Crippen molar-refractivity contribution in [3.63, 3.8) is 0 Å². The highest BCUT2D eigenvalue weighted by Gasteiger charge is 2.30. The first-order chi connectivity index (χ1) is 13.1. The summed E-state index contributed by atoms with van der Waals surface area (Å²) in [6.45, 7) is 6.48. The van der Waals surface area contributed by atoms with Gasteiger partial charge in [-0.15, -0.1) is 0 Å². The van der Waals surface area contributed by atoms with Crippen molar-refractivity contribution < 1.29 is 9.13 Å². The molecule has 1 aromatic rings. The van der Waals surface area contributed by atoms with Crippen LogP contribution >= 0.6 is 0 Å². The fraction of sp³-hybridized carbons (Fsp3) is 0.650. The molecule has 1 N–H and O–H groups in total. The van der Waals surface area contributed by atoms with Crippen LogP contribution in [0.2, 0.25) is 0 Å². The Kier molecular flexibility index (Phi) is 7.04. The quantitative estimate of drug-likeness (QED) is 0.621. The maximum atomic E-state index is 13.2. The van der Waals surface area contributed by atoms with Crippen molar-refractivity contribution in [3.8, 4) is 0 Å². The van der Waals surface area contributed by atoms with Crippen LogP contribution in [0.25, 0.3) is 0 Å². The van der Waals surface area contributed by atoms with Crippen LogP contribution < -0.4 is 5.32 Å². The standard InChI is InChI=1S/C20H32FN5O/c1-22-20(26-9-8-18(15-26)25-10-12-27-13-11-25)23-14-19(24(2)3)16-4-6-17(21)7-5-16/h4-7,18-19H,8-15H2,1-3H3,(H,22,23). The molecule has 150 valence electrons. The molecule has 0 aliphatic carbocycles. The van der Waals surface area contributed by atoms with Gasteiger partial charge in [0.25, 0.3) is 0 Å². The Hall–Kier alpha value is -1.70. The fourth-order valence-electron chi connectivity index (χ4n) is 3.98. The zero-order chi connectivity index (χ0) is 19.2. The molecule has 0 aromatic heterocycles. The Balaban J connectivity index is 1.57. The predicted molar refractivity (Wildman–Crippen MR) is 107 cm³/mol. The van der Waals surface area contributed by atoms with Crippen molar-refractivity contribution >= 4 is 5.96 Å². The van der Waals surface area contributed by atoms with Crippen LogP contribution in [-0.4, -0.2) is 93.8 Å². The third-order valence-corrected chi connectivity index (χ3v) is 5.57. The fourth-order valence-corrected chi connectivity index (χ4v) is 3.98. The maximum absolute atomic E-state index is 13.2. The summed E-state index contributed by atoms with van der Waals surface area (Å²) in [5.74, 6) is 0.742. The smallest absolute Gasteiger partial charge is 0.193 e.